The van der Waals surface area contributed by atoms with Gasteiger partial charge in [0.1, 0.15) is 12.4 Å². The third kappa shape index (κ3) is 2.88. The molecule has 1 heterocycles. The van der Waals surface area contributed by atoms with Crippen LogP contribution in [-0.2, 0) is 28.6 Å². The molecule has 0 radical (unpaired) electrons. The van der Waals surface area contributed by atoms with Gasteiger partial charge >= 0.3 is 11.9 Å². The second-order valence-electron chi connectivity index (χ2n) is 4.01. The minimum absolute atomic E-state index is 0.0610. The van der Waals surface area contributed by atoms with Crippen molar-refractivity contribution < 1.29 is 28.6 Å². The standard InChI is InChI=1S/C12H16O6/c1-7-9(5-13)8(4-11(14)16-2)10(6-18-7)12(15)17-3/h5-9H,4H2,1-3H3/t7-,8-,9+/m0/s1. The van der Waals surface area contributed by atoms with E-state index in [-0.39, 0.29) is 12.0 Å². The fourth-order valence-corrected chi connectivity index (χ4v) is 1.92. The van der Waals surface area contributed by atoms with E-state index < -0.39 is 29.9 Å². The van der Waals surface area contributed by atoms with Gasteiger partial charge in [0.05, 0.1) is 38.4 Å². The molecule has 18 heavy (non-hydrogen) atoms. The molecule has 0 bridgehead atoms. The molecule has 0 N–H and O–H groups in total. The van der Waals surface area contributed by atoms with Crippen LogP contribution >= 0.6 is 0 Å². The third-order valence-corrected chi connectivity index (χ3v) is 3.01. The van der Waals surface area contributed by atoms with E-state index in [0.29, 0.717) is 6.29 Å². The summed E-state index contributed by atoms with van der Waals surface area (Å²) in [7, 11) is 2.48. The van der Waals surface area contributed by atoms with E-state index in [4.69, 9.17) is 4.74 Å². The van der Waals surface area contributed by atoms with E-state index >= 15 is 0 Å². The molecule has 0 saturated heterocycles. The van der Waals surface area contributed by atoms with Crippen molar-refractivity contribution in [2.24, 2.45) is 11.8 Å². The zero-order chi connectivity index (χ0) is 13.7. The van der Waals surface area contributed by atoms with Crippen LogP contribution < -0.4 is 0 Å². The molecule has 1 aliphatic heterocycles. The minimum Gasteiger partial charge on any atom is -0.497 e. The maximum Gasteiger partial charge on any atom is 0.337 e. The second-order valence-corrected chi connectivity index (χ2v) is 4.01. The third-order valence-electron chi connectivity index (χ3n) is 3.01. The number of hydrogen-bond donors (Lipinski definition) is 0. The Morgan fingerprint density at radius 2 is 2.06 bits per heavy atom. The average Bonchev–Trinajstić information content (AvgIpc) is 2.38. The van der Waals surface area contributed by atoms with E-state index in [0.717, 1.165) is 0 Å². The highest BCUT2D eigenvalue weighted by Crippen LogP contribution is 2.32. The summed E-state index contributed by atoms with van der Waals surface area (Å²) < 4.78 is 14.4. The molecule has 1 aliphatic rings. The molecule has 0 saturated carbocycles. The van der Waals surface area contributed by atoms with Gasteiger partial charge in [-0.15, -0.1) is 0 Å². The summed E-state index contributed by atoms with van der Waals surface area (Å²) in [5.74, 6) is -2.26. The number of methoxy groups -OCH3 is 2. The van der Waals surface area contributed by atoms with Gasteiger partial charge in [0.25, 0.3) is 0 Å². The number of aldehydes is 1. The Labute approximate surface area is 105 Å². The number of carbonyl (C=O) groups is 3. The summed E-state index contributed by atoms with van der Waals surface area (Å²) in [6, 6.07) is 0. The molecule has 0 aromatic rings. The van der Waals surface area contributed by atoms with Crippen LogP contribution in [0.2, 0.25) is 0 Å². The highest BCUT2D eigenvalue weighted by atomic mass is 16.5. The first-order valence-corrected chi connectivity index (χ1v) is 5.51. The van der Waals surface area contributed by atoms with Crippen molar-refractivity contribution in [1.29, 1.82) is 0 Å². The molecular weight excluding hydrogens is 240 g/mol. The Bertz CT molecular complexity index is 373. The Balaban J connectivity index is 3.02. The summed E-state index contributed by atoms with van der Waals surface area (Å²) in [5, 5.41) is 0. The highest BCUT2D eigenvalue weighted by Gasteiger charge is 2.39. The fraction of sp³-hybridized carbons (Fsp3) is 0.583. The average molecular weight is 256 g/mol. The van der Waals surface area contributed by atoms with Crippen molar-refractivity contribution in [3.8, 4) is 0 Å². The monoisotopic (exact) mass is 256 g/mol. The van der Waals surface area contributed by atoms with E-state index in [1.807, 2.05) is 0 Å². The van der Waals surface area contributed by atoms with Gasteiger partial charge < -0.3 is 19.0 Å². The number of carbonyl (C=O) groups excluding carboxylic acids is 3. The summed E-state index contributed by atoms with van der Waals surface area (Å²) in [6.45, 7) is 1.70. The first-order valence-electron chi connectivity index (χ1n) is 5.51. The smallest absolute Gasteiger partial charge is 0.337 e. The van der Waals surface area contributed by atoms with Gasteiger partial charge in [-0.05, 0) is 6.92 Å². The largest absolute Gasteiger partial charge is 0.497 e. The van der Waals surface area contributed by atoms with Crippen LogP contribution in [0.5, 0.6) is 0 Å². The lowest BCUT2D eigenvalue weighted by Crippen LogP contribution is -2.37. The first kappa shape index (κ1) is 14.2. The molecule has 3 atom stereocenters. The highest BCUT2D eigenvalue weighted by molar-refractivity contribution is 5.90. The SMILES string of the molecule is COC(=O)C[C@@H]1C(C(=O)OC)=CO[C@@H](C)[C@H]1C=O. The molecule has 0 amide bonds. The summed E-state index contributed by atoms with van der Waals surface area (Å²) >= 11 is 0. The van der Waals surface area contributed by atoms with E-state index in [9.17, 15) is 14.4 Å². The lowest BCUT2D eigenvalue weighted by molar-refractivity contribution is -0.143. The lowest BCUT2D eigenvalue weighted by atomic mass is 9.80. The minimum atomic E-state index is -0.609. The Hall–Kier alpha value is -1.85. The maximum absolute atomic E-state index is 11.6. The van der Waals surface area contributed by atoms with Crippen molar-refractivity contribution in [2.45, 2.75) is 19.4 Å². The lowest BCUT2D eigenvalue weighted by Gasteiger charge is -2.31. The molecule has 0 spiro atoms. The molecule has 0 aliphatic carbocycles. The molecule has 1 rings (SSSR count). The van der Waals surface area contributed by atoms with Crippen LogP contribution in [0.25, 0.3) is 0 Å². The van der Waals surface area contributed by atoms with E-state index in [2.05, 4.69) is 9.47 Å². The van der Waals surface area contributed by atoms with Gasteiger partial charge in [0, 0.05) is 5.92 Å². The van der Waals surface area contributed by atoms with Gasteiger partial charge in [-0.1, -0.05) is 0 Å². The zero-order valence-electron chi connectivity index (χ0n) is 10.5. The summed E-state index contributed by atoms with van der Waals surface area (Å²) in [5.41, 5.74) is 0.179. The fourth-order valence-electron chi connectivity index (χ4n) is 1.92. The predicted octanol–water partition coefficient (Wildman–Crippen LogP) is 0.456. The van der Waals surface area contributed by atoms with E-state index in [1.165, 1.54) is 20.5 Å². The molecule has 0 fully saturated rings. The van der Waals surface area contributed by atoms with Gasteiger partial charge in [-0.3, -0.25) is 4.79 Å². The Morgan fingerprint density at radius 3 is 2.56 bits per heavy atom. The van der Waals surface area contributed by atoms with Crippen molar-refractivity contribution in [3.05, 3.63) is 11.8 Å². The van der Waals surface area contributed by atoms with Crippen molar-refractivity contribution in [1.82, 2.24) is 0 Å². The van der Waals surface area contributed by atoms with Crippen molar-refractivity contribution in [3.63, 3.8) is 0 Å². The molecule has 0 unspecified atom stereocenters. The number of esters is 2. The van der Waals surface area contributed by atoms with Gasteiger partial charge in [0.15, 0.2) is 0 Å². The molecule has 6 nitrogen and oxygen atoms in total. The van der Waals surface area contributed by atoms with Crippen LogP contribution in [-0.4, -0.2) is 38.5 Å². The van der Waals surface area contributed by atoms with Crippen LogP contribution in [0.4, 0.5) is 0 Å². The van der Waals surface area contributed by atoms with Gasteiger partial charge in [0.2, 0.25) is 0 Å². The van der Waals surface area contributed by atoms with Gasteiger partial charge in [-0.2, -0.15) is 0 Å². The number of ether oxygens (including phenoxy) is 3. The van der Waals surface area contributed by atoms with Crippen LogP contribution in [0.15, 0.2) is 11.8 Å². The molecule has 0 aromatic carbocycles. The summed E-state index contributed by atoms with van der Waals surface area (Å²) in [4.78, 5) is 34.0. The van der Waals surface area contributed by atoms with Gasteiger partial charge in [-0.25, -0.2) is 4.79 Å². The van der Waals surface area contributed by atoms with E-state index in [1.54, 1.807) is 6.92 Å². The Morgan fingerprint density at radius 1 is 1.39 bits per heavy atom. The van der Waals surface area contributed by atoms with Crippen molar-refractivity contribution in [2.75, 3.05) is 14.2 Å². The van der Waals surface area contributed by atoms with Crippen LogP contribution in [0, 0.1) is 11.8 Å². The summed E-state index contributed by atoms with van der Waals surface area (Å²) in [6.07, 6.45) is 1.48. The second kappa shape index (κ2) is 6.18. The van der Waals surface area contributed by atoms with Crippen molar-refractivity contribution >= 4 is 18.2 Å². The quantitative estimate of drug-likeness (QED) is 0.537. The maximum atomic E-state index is 11.6. The first-order chi connectivity index (χ1) is 8.54. The molecular formula is C12H16O6. The van der Waals surface area contributed by atoms with Crippen LogP contribution in [0.1, 0.15) is 13.3 Å². The Kier molecular flexibility index (Phi) is 4.88. The molecule has 0 aromatic heterocycles. The molecule has 100 valence electrons. The normalized spacial score (nSPS) is 26.6. The van der Waals surface area contributed by atoms with Crippen LogP contribution in [0.3, 0.4) is 0 Å². The number of rotatable bonds is 4. The zero-order valence-corrected chi connectivity index (χ0v) is 10.5. The topological polar surface area (TPSA) is 78.9 Å². The number of hydrogen-bond acceptors (Lipinski definition) is 6. The predicted molar refractivity (Wildman–Crippen MR) is 60.3 cm³/mol. The molecule has 6 heteroatoms.